The fourth-order valence-corrected chi connectivity index (χ4v) is 1.55. The molecule has 0 heterocycles. The van der Waals surface area contributed by atoms with Gasteiger partial charge >= 0.3 is 0 Å². The maximum absolute atomic E-state index is 10.6. The van der Waals surface area contributed by atoms with E-state index in [1.54, 1.807) is 6.07 Å². The molecule has 1 aromatic carbocycles. The second-order valence-electron chi connectivity index (χ2n) is 5.12. The average Bonchev–Trinajstić information content (AvgIpc) is 2.24. The summed E-state index contributed by atoms with van der Waals surface area (Å²) in [6, 6.07) is 5.46. The van der Waals surface area contributed by atoms with E-state index < -0.39 is 5.91 Å². The van der Waals surface area contributed by atoms with Gasteiger partial charge in [0.1, 0.15) is 5.75 Å². The van der Waals surface area contributed by atoms with E-state index in [1.807, 2.05) is 12.1 Å². The molecule has 0 atom stereocenters. The van der Waals surface area contributed by atoms with Crippen molar-refractivity contribution in [2.75, 3.05) is 6.61 Å². The lowest BCUT2D eigenvalue weighted by atomic mass is 10.1. The highest BCUT2D eigenvalue weighted by Crippen LogP contribution is 2.25. The number of hydrogen-bond donors (Lipinski definition) is 2. The van der Waals surface area contributed by atoms with Crippen LogP contribution >= 0.6 is 11.6 Å². The summed E-state index contributed by atoms with van der Waals surface area (Å²) < 4.78 is 5.17. The molecule has 4 nitrogen and oxygen atoms in total. The van der Waals surface area contributed by atoms with Crippen molar-refractivity contribution in [3.8, 4) is 5.75 Å². The molecule has 0 aromatic heterocycles. The Morgan fingerprint density at radius 3 is 2.61 bits per heavy atom. The van der Waals surface area contributed by atoms with E-state index in [9.17, 15) is 4.79 Å². The molecule has 0 aliphatic rings. The van der Waals surface area contributed by atoms with E-state index in [-0.39, 0.29) is 12.1 Å². The Balaban J connectivity index is 2.64. The molecule has 100 valence electrons. The Morgan fingerprint density at radius 1 is 1.44 bits per heavy atom. The Bertz CT molecular complexity index is 427. The van der Waals surface area contributed by atoms with Gasteiger partial charge in [-0.1, -0.05) is 17.7 Å². The lowest BCUT2D eigenvalue weighted by molar-refractivity contribution is -0.119. The average molecular weight is 271 g/mol. The number of ether oxygens (including phenoxy) is 1. The van der Waals surface area contributed by atoms with Crippen LogP contribution in [-0.4, -0.2) is 18.1 Å². The zero-order valence-corrected chi connectivity index (χ0v) is 11.7. The largest absolute Gasteiger partial charge is 0.482 e. The standard InChI is InChI=1S/C13H19ClN2O2/c1-13(2,3)16-7-9-4-5-11(10(14)6-9)18-8-12(15)17/h4-6,16H,7-8H2,1-3H3,(H2,15,17). The minimum atomic E-state index is -0.524. The third kappa shape index (κ3) is 5.38. The summed E-state index contributed by atoms with van der Waals surface area (Å²) in [5.41, 5.74) is 6.10. The van der Waals surface area contributed by atoms with Crippen molar-refractivity contribution in [2.45, 2.75) is 32.9 Å². The number of hydrogen-bond acceptors (Lipinski definition) is 3. The van der Waals surface area contributed by atoms with Crippen molar-refractivity contribution in [3.63, 3.8) is 0 Å². The number of amides is 1. The molecule has 0 radical (unpaired) electrons. The van der Waals surface area contributed by atoms with Crippen LogP contribution in [0.3, 0.4) is 0 Å². The molecule has 0 aliphatic heterocycles. The topological polar surface area (TPSA) is 64.3 Å². The highest BCUT2D eigenvalue weighted by atomic mass is 35.5. The Hall–Kier alpha value is -1.26. The molecule has 0 spiro atoms. The first kappa shape index (κ1) is 14.8. The molecule has 1 aromatic rings. The van der Waals surface area contributed by atoms with E-state index in [1.165, 1.54) is 0 Å². The van der Waals surface area contributed by atoms with Crippen LogP contribution in [-0.2, 0) is 11.3 Å². The number of rotatable bonds is 5. The summed E-state index contributed by atoms with van der Waals surface area (Å²) in [7, 11) is 0. The van der Waals surface area contributed by atoms with Crippen LogP contribution < -0.4 is 15.8 Å². The number of primary amides is 1. The summed E-state index contributed by atoms with van der Waals surface area (Å²) in [4.78, 5) is 10.6. The molecular weight excluding hydrogens is 252 g/mol. The van der Waals surface area contributed by atoms with Crippen LogP contribution in [0, 0.1) is 0 Å². The monoisotopic (exact) mass is 270 g/mol. The van der Waals surface area contributed by atoms with Gasteiger partial charge in [0.05, 0.1) is 5.02 Å². The van der Waals surface area contributed by atoms with Crippen LogP contribution in [0.15, 0.2) is 18.2 Å². The predicted octanol–water partition coefficient (Wildman–Crippen LogP) is 2.09. The highest BCUT2D eigenvalue weighted by molar-refractivity contribution is 6.32. The molecule has 0 unspecified atom stereocenters. The molecule has 1 amide bonds. The minimum absolute atomic E-state index is 0.0492. The van der Waals surface area contributed by atoms with Gasteiger partial charge in [0.15, 0.2) is 6.61 Å². The van der Waals surface area contributed by atoms with Crippen molar-refractivity contribution < 1.29 is 9.53 Å². The van der Waals surface area contributed by atoms with Gasteiger partial charge in [-0.2, -0.15) is 0 Å². The third-order valence-corrected chi connectivity index (χ3v) is 2.48. The summed E-state index contributed by atoms with van der Waals surface area (Å²) in [5.74, 6) is -0.0560. The Labute approximate surface area is 112 Å². The van der Waals surface area contributed by atoms with Crippen molar-refractivity contribution >= 4 is 17.5 Å². The van der Waals surface area contributed by atoms with Crippen molar-refractivity contribution in [3.05, 3.63) is 28.8 Å². The normalized spacial score (nSPS) is 11.3. The third-order valence-electron chi connectivity index (χ3n) is 2.19. The Kier molecular flexibility index (Phi) is 4.99. The molecule has 0 aliphatic carbocycles. The first-order chi connectivity index (χ1) is 8.28. The second kappa shape index (κ2) is 6.07. The van der Waals surface area contributed by atoms with Crippen LogP contribution in [0.5, 0.6) is 5.75 Å². The molecule has 1 rings (SSSR count). The summed E-state index contributed by atoms with van der Waals surface area (Å²) >= 11 is 6.06. The minimum Gasteiger partial charge on any atom is -0.482 e. The number of carbonyl (C=O) groups excluding carboxylic acids is 1. The van der Waals surface area contributed by atoms with Crippen LogP contribution in [0.1, 0.15) is 26.3 Å². The van der Waals surface area contributed by atoms with Gasteiger partial charge in [0.2, 0.25) is 0 Å². The van der Waals surface area contributed by atoms with Crippen LogP contribution in [0.4, 0.5) is 0 Å². The van der Waals surface area contributed by atoms with Crippen LogP contribution in [0.2, 0.25) is 5.02 Å². The van der Waals surface area contributed by atoms with E-state index in [0.717, 1.165) is 12.1 Å². The van der Waals surface area contributed by atoms with E-state index in [4.69, 9.17) is 22.1 Å². The Morgan fingerprint density at radius 2 is 2.11 bits per heavy atom. The molecule has 5 heteroatoms. The quantitative estimate of drug-likeness (QED) is 0.861. The molecular formula is C13H19ClN2O2. The molecule has 0 saturated carbocycles. The van der Waals surface area contributed by atoms with E-state index >= 15 is 0 Å². The van der Waals surface area contributed by atoms with Gasteiger partial charge in [-0.25, -0.2) is 0 Å². The molecule has 0 fully saturated rings. The smallest absolute Gasteiger partial charge is 0.255 e. The molecule has 3 N–H and O–H groups in total. The maximum atomic E-state index is 10.6. The van der Waals surface area contributed by atoms with Crippen molar-refractivity contribution in [2.24, 2.45) is 5.73 Å². The summed E-state index contributed by atoms with van der Waals surface area (Å²) in [6.45, 7) is 6.84. The number of benzene rings is 1. The van der Waals surface area contributed by atoms with Gasteiger partial charge < -0.3 is 15.8 Å². The van der Waals surface area contributed by atoms with Gasteiger partial charge in [0.25, 0.3) is 5.91 Å². The summed E-state index contributed by atoms with van der Waals surface area (Å²) in [6.07, 6.45) is 0. The second-order valence-corrected chi connectivity index (χ2v) is 5.53. The van der Waals surface area contributed by atoms with E-state index in [0.29, 0.717) is 10.8 Å². The molecule has 18 heavy (non-hydrogen) atoms. The molecule has 0 bridgehead atoms. The lowest BCUT2D eigenvalue weighted by Crippen LogP contribution is -2.35. The predicted molar refractivity (Wildman–Crippen MR) is 72.7 cm³/mol. The van der Waals surface area contributed by atoms with Crippen molar-refractivity contribution in [1.82, 2.24) is 5.32 Å². The molecule has 0 saturated heterocycles. The fourth-order valence-electron chi connectivity index (χ4n) is 1.29. The summed E-state index contributed by atoms with van der Waals surface area (Å²) in [5, 5.41) is 3.84. The zero-order valence-electron chi connectivity index (χ0n) is 10.9. The maximum Gasteiger partial charge on any atom is 0.255 e. The van der Waals surface area contributed by atoms with Gasteiger partial charge in [-0.05, 0) is 38.5 Å². The van der Waals surface area contributed by atoms with Crippen LogP contribution in [0.25, 0.3) is 0 Å². The highest BCUT2D eigenvalue weighted by Gasteiger charge is 2.10. The van der Waals surface area contributed by atoms with Gasteiger partial charge in [-0.15, -0.1) is 0 Å². The number of carbonyl (C=O) groups is 1. The van der Waals surface area contributed by atoms with E-state index in [2.05, 4.69) is 26.1 Å². The first-order valence-corrected chi connectivity index (χ1v) is 6.10. The zero-order chi connectivity index (χ0) is 13.8. The van der Waals surface area contributed by atoms with Crippen molar-refractivity contribution in [1.29, 1.82) is 0 Å². The van der Waals surface area contributed by atoms with Gasteiger partial charge in [-0.3, -0.25) is 4.79 Å². The number of nitrogens with one attached hydrogen (secondary N) is 1. The number of nitrogens with two attached hydrogens (primary N) is 1. The number of halogens is 1. The SMILES string of the molecule is CC(C)(C)NCc1ccc(OCC(N)=O)c(Cl)c1. The fraction of sp³-hybridized carbons (Fsp3) is 0.462. The lowest BCUT2D eigenvalue weighted by Gasteiger charge is -2.20. The van der Waals surface area contributed by atoms with Gasteiger partial charge in [0, 0.05) is 12.1 Å². The first-order valence-electron chi connectivity index (χ1n) is 5.72.